The van der Waals surface area contributed by atoms with Crippen LogP contribution in [0.3, 0.4) is 0 Å². The van der Waals surface area contributed by atoms with Crippen molar-refractivity contribution in [1.29, 1.82) is 0 Å². The molecule has 5 heteroatoms. The molecule has 5 nitrogen and oxygen atoms in total. The lowest BCUT2D eigenvalue weighted by Gasteiger charge is -2.22. The van der Waals surface area contributed by atoms with Crippen molar-refractivity contribution in [2.45, 2.75) is 25.9 Å². The normalized spacial score (nSPS) is 11.7. The van der Waals surface area contributed by atoms with Gasteiger partial charge in [-0.05, 0) is 26.0 Å². The van der Waals surface area contributed by atoms with E-state index in [4.69, 9.17) is 14.6 Å². The van der Waals surface area contributed by atoms with Crippen LogP contribution in [-0.4, -0.2) is 28.3 Å². The van der Waals surface area contributed by atoms with Crippen LogP contribution in [-0.2, 0) is 6.54 Å². The van der Waals surface area contributed by atoms with E-state index in [0.717, 1.165) is 0 Å². The number of hydrogen-bond donors (Lipinski definition) is 3. The van der Waals surface area contributed by atoms with E-state index in [1.54, 1.807) is 6.07 Å². The zero-order valence-corrected chi connectivity index (χ0v) is 8.78. The van der Waals surface area contributed by atoms with Crippen molar-refractivity contribution in [3.05, 3.63) is 23.7 Å². The fraction of sp³-hybridized carbons (Fsp3) is 0.500. The maximum atomic E-state index is 10.5. The van der Waals surface area contributed by atoms with Crippen LogP contribution in [0, 0.1) is 0 Å². The van der Waals surface area contributed by atoms with Gasteiger partial charge in [-0.25, -0.2) is 4.79 Å². The number of rotatable bonds is 5. The van der Waals surface area contributed by atoms with Crippen LogP contribution >= 0.6 is 0 Å². The van der Waals surface area contributed by atoms with Crippen LogP contribution in [0.2, 0.25) is 0 Å². The molecule has 0 aliphatic heterocycles. The second-order valence-electron chi connectivity index (χ2n) is 3.97. The topological polar surface area (TPSA) is 82.7 Å². The van der Waals surface area contributed by atoms with Crippen molar-refractivity contribution in [3.63, 3.8) is 0 Å². The summed E-state index contributed by atoms with van der Waals surface area (Å²) in [7, 11) is 0. The van der Waals surface area contributed by atoms with Gasteiger partial charge in [-0.1, -0.05) is 0 Å². The highest BCUT2D eigenvalue weighted by Crippen LogP contribution is 2.09. The van der Waals surface area contributed by atoms with Gasteiger partial charge < -0.3 is 19.9 Å². The first-order valence-corrected chi connectivity index (χ1v) is 4.62. The van der Waals surface area contributed by atoms with Crippen LogP contribution in [0.15, 0.2) is 16.5 Å². The molecule has 15 heavy (non-hydrogen) atoms. The van der Waals surface area contributed by atoms with Crippen molar-refractivity contribution in [2.75, 3.05) is 6.61 Å². The Morgan fingerprint density at radius 2 is 2.20 bits per heavy atom. The van der Waals surface area contributed by atoms with Crippen molar-refractivity contribution in [1.82, 2.24) is 5.32 Å². The minimum absolute atomic E-state index is 0.000500. The molecular formula is C10H15NO4. The molecule has 3 N–H and O–H groups in total. The van der Waals surface area contributed by atoms with Gasteiger partial charge in [0.25, 0.3) is 0 Å². The molecule has 1 aromatic rings. The Kier molecular flexibility index (Phi) is 3.49. The van der Waals surface area contributed by atoms with E-state index in [0.29, 0.717) is 12.3 Å². The smallest absolute Gasteiger partial charge is 0.371 e. The van der Waals surface area contributed by atoms with E-state index in [1.165, 1.54) is 6.07 Å². The average Bonchev–Trinajstić information content (AvgIpc) is 2.63. The number of carboxylic acid groups (broad SMARTS) is 1. The molecule has 0 saturated carbocycles. The lowest BCUT2D eigenvalue weighted by atomic mass is 10.1. The molecule has 0 aliphatic rings. The summed E-state index contributed by atoms with van der Waals surface area (Å²) in [5.41, 5.74) is -0.407. The van der Waals surface area contributed by atoms with Gasteiger partial charge in [0.05, 0.1) is 13.2 Å². The molecule has 0 fully saturated rings. The number of carbonyl (C=O) groups is 1. The summed E-state index contributed by atoms with van der Waals surface area (Å²) in [4.78, 5) is 10.5. The van der Waals surface area contributed by atoms with Crippen LogP contribution in [0.5, 0.6) is 0 Å². The Balaban J connectivity index is 2.55. The second-order valence-corrected chi connectivity index (χ2v) is 3.97. The van der Waals surface area contributed by atoms with Crippen LogP contribution in [0.25, 0.3) is 0 Å². The van der Waals surface area contributed by atoms with E-state index in [2.05, 4.69) is 5.32 Å². The Labute approximate surface area is 87.7 Å². The van der Waals surface area contributed by atoms with Gasteiger partial charge in [-0.15, -0.1) is 0 Å². The van der Waals surface area contributed by atoms with Gasteiger partial charge >= 0.3 is 5.97 Å². The predicted molar refractivity (Wildman–Crippen MR) is 53.7 cm³/mol. The zero-order chi connectivity index (χ0) is 11.5. The number of hydrogen-bond acceptors (Lipinski definition) is 4. The third-order valence-electron chi connectivity index (χ3n) is 2.01. The highest BCUT2D eigenvalue weighted by Gasteiger charge is 2.16. The number of aliphatic hydroxyl groups excluding tert-OH is 1. The van der Waals surface area contributed by atoms with Gasteiger partial charge in [0.1, 0.15) is 5.76 Å². The molecular weight excluding hydrogens is 198 g/mol. The highest BCUT2D eigenvalue weighted by molar-refractivity contribution is 5.84. The zero-order valence-electron chi connectivity index (χ0n) is 8.78. The molecule has 0 unspecified atom stereocenters. The Morgan fingerprint density at radius 1 is 1.53 bits per heavy atom. The fourth-order valence-corrected chi connectivity index (χ4v) is 0.970. The molecule has 1 aromatic heterocycles. The molecule has 0 amide bonds. The fourth-order valence-electron chi connectivity index (χ4n) is 0.970. The molecule has 0 aliphatic carbocycles. The molecule has 84 valence electrons. The maximum absolute atomic E-state index is 10.5. The Bertz CT molecular complexity index is 343. The van der Waals surface area contributed by atoms with Gasteiger partial charge in [-0.3, -0.25) is 0 Å². The summed E-state index contributed by atoms with van der Waals surface area (Å²) >= 11 is 0. The third kappa shape index (κ3) is 3.38. The van der Waals surface area contributed by atoms with Gasteiger partial charge in [0, 0.05) is 5.54 Å². The van der Waals surface area contributed by atoms with Crippen molar-refractivity contribution in [3.8, 4) is 0 Å². The molecule has 0 radical (unpaired) electrons. The lowest BCUT2D eigenvalue weighted by molar-refractivity contribution is 0.0659. The van der Waals surface area contributed by atoms with Crippen molar-refractivity contribution in [2.24, 2.45) is 0 Å². The predicted octanol–water partition coefficient (Wildman–Crippen LogP) is 0.838. The first-order valence-electron chi connectivity index (χ1n) is 4.62. The van der Waals surface area contributed by atoms with Crippen LogP contribution in [0.1, 0.15) is 30.2 Å². The summed E-state index contributed by atoms with van der Waals surface area (Å²) in [6, 6.07) is 3.01. The SMILES string of the molecule is CC(C)(CO)NCc1ccc(C(=O)O)o1. The minimum Gasteiger partial charge on any atom is -0.475 e. The van der Waals surface area contributed by atoms with E-state index in [-0.39, 0.29) is 12.4 Å². The summed E-state index contributed by atoms with van der Waals surface area (Å²) < 4.78 is 5.04. The summed E-state index contributed by atoms with van der Waals surface area (Å²) in [6.07, 6.45) is 0. The third-order valence-corrected chi connectivity index (χ3v) is 2.01. The Morgan fingerprint density at radius 3 is 2.67 bits per heavy atom. The Hall–Kier alpha value is -1.33. The number of aromatic carboxylic acids is 1. The quantitative estimate of drug-likeness (QED) is 0.675. The first-order chi connectivity index (χ1) is 6.94. The number of furan rings is 1. The molecule has 0 bridgehead atoms. The number of aliphatic hydroxyl groups is 1. The standard InChI is InChI=1S/C10H15NO4/c1-10(2,6-12)11-5-7-3-4-8(15-7)9(13)14/h3-4,11-12H,5-6H2,1-2H3,(H,13,14). The largest absolute Gasteiger partial charge is 0.475 e. The number of carboxylic acids is 1. The van der Waals surface area contributed by atoms with E-state index in [9.17, 15) is 4.79 Å². The van der Waals surface area contributed by atoms with Crippen LogP contribution in [0.4, 0.5) is 0 Å². The summed E-state index contributed by atoms with van der Waals surface area (Å²) in [5.74, 6) is -0.620. The van der Waals surface area contributed by atoms with Gasteiger partial charge in [0.2, 0.25) is 5.76 Å². The van der Waals surface area contributed by atoms with E-state index >= 15 is 0 Å². The molecule has 1 rings (SSSR count). The monoisotopic (exact) mass is 213 g/mol. The van der Waals surface area contributed by atoms with Gasteiger partial charge in [-0.2, -0.15) is 0 Å². The minimum atomic E-state index is -1.08. The number of nitrogens with one attached hydrogen (secondary N) is 1. The van der Waals surface area contributed by atoms with Crippen LogP contribution < -0.4 is 5.32 Å². The second kappa shape index (κ2) is 4.46. The van der Waals surface area contributed by atoms with Crippen molar-refractivity contribution < 1.29 is 19.4 Å². The summed E-state index contributed by atoms with van der Waals surface area (Å²) in [5, 5.41) is 20.6. The first kappa shape index (κ1) is 11.7. The van der Waals surface area contributed by atoms with E-state index < -0.39 is 11.5 Å². The lowest BCUT2D eigenvalue weighted by Crippen LogP contribution is -2.41. The molecule has 0 aromatic carbocycles. The molecule has 0 atom stereocenters. The maximum Gasteiger partial charge on any atom is 0.371 e. The molecule has 0 saturated heterocycles. The van der Waals surface area contributed by atoms with Crippen molar-refractivity contribution >= 4 is 5.97 Å². The van der Waals surface area contributed by atoms with Gasteiger partial charge in [0.15, 0.2) is 0 Å². The van der Waals surface area contributed by atoms with E-state index in [1.807, 2.05) is 13.8 Å². The molecule has 0 spiro atoms. The molecule has 1 heterocycles. The average molecular weight is 213 g/mol. The summed E-state index contributed by atoms with van der Waals surface area (Å²) in [6.45, 7) is 4.07. The highest BCUT2D eigenvalue weighted by atomic mass is 16.4.